The quantitative estimate of drug-likeness (QED) is 0.444. The Morgan fingerprint density at radius 1 is 1.25 bits per heavy atom. The van der Waals surface area contributed by atoms with Crippen LogP contribution in [-0.4, -0.2) is 22.6 Å². The molecule has 0 bridgehead atoms. The summed E-state index contributed by atoms with van der Waals surface area (Å²) < 4.78 is 29.9. The molecule has 0 aliphatic carbocycles. The molecule has 0 spiro atoms. The van der Waals surface area contributed by atoms with Gasteiger partial charge in [0.2, 0.25) is 0 Å². The number of thiazole rings is 1. The third kappa shape index (κ3) is 2.96. The van der Waals surface area contributed by atoms with Crippen molar-refractivity contribution in [3.63, 3.8) is 0 Å². The fourth-order valence-electron chi connectivity index (χ4n) is 3.86. The van der Waals surface area contributed by atoms with Crippen molar-refractivity contribution in [3.05, 3.63) is 46.4 Å². The van der Waals surface area contributed by atoms with Crippen LogP contribution in [0.25, 0.3) is 20.4 Å². The summed E-state index contributed by atoms with van der Waals surface area (Å²) in [6.07, 6.45) is 3.95. The number of pyridine rings is 1. The first-order valence-corrected chi connectivity index (χ1v) is 10.9. The van der Waals surface area contributed by atoms with Crippen molar-refractivity contribution in [1.29, 1.82) is 0 Å². The maximum Gasteiger partial charge on any atom is 0.176 e. The maximum atomic E-state index is 14.8. The SMILES string of the molecule is C[C@@H]1NCCC[C@H]1c1cc2c(Nc3c(F)cc4scnc4c3F)ccnc2s1. The van der Waals surface area contributed by atoms with Gasteiger partial charge < -0.3 is 10.6 Å². The predicted molar refractivity (Wildman–Crippen MR) is 112 cm³/mol. The number of anilines is 2. The van der Waals surface area contributed by atoms with E-state index in [1.165, 1.54) is 27.8 Å². The average molecular weight is 417 g/mol. The van der Waals surface area contributed by atoms with Crippen LogP contribution in [0.3, 0.4) is 0 Å². The van der Waals surface area contributed by atoms with Crippen LogP contribution in [0.5, 0.6) is 0 Å². The van der Waals surface area contributed by atoms with Crippen LogP contribution in [0, 0.1) is 11.6 Å². The molecule has 3 aromatic heterocycles. The number of hydrogen-bond donors (Lipinski definition) is 2. The molecule has 8 heteroatoms. The first-order valence-electron chi connectivity index (χ1n) is 9.22. The minimum absolute atomic E-state index is 0.175. The van der Waals surface area contributed by atoms with Crippen molar-refractivity contribution in [1.82, 2.24) is 15.3 Å². The summed E-state index contributed by atoms with van der Waals surface area (Å²) in [4.78, 5) is 10.6. The maximum absolute atomic E-state index is 14.8. The molecular formula is C20H18F2N4S2. The molecule has 1 aliphatic rings. The van der Waals surface area contributed by atoms with Gasteiger partial charge in [-0.1, -0.05) is 0 Å². The van der Waals surface area contributed by atoms with Crippen LogP contribution < -0.4 is 10.6 Å². The van der Waals surface area contributed by atoms with Crippen molar-refractivity contribution in [2.45, 2.75) is 31.7 Å². The van der Waals surface area contributed by atoms with Gasteiger partial charge in [-0.15, -0.1) is 22.7 Å². The number of rotatable bonds is 3. The molecule has 4 nitrogen and oxygen atoms in total. The van der Waals surface area contributed by atoms with E-state index in [2.05, 4.69) is 33.6 Å². The van der Waals surface area contributed by atoms with E-state index in [4.69, 9.17) is 0 Å². The fourth-order valence-corrected chi connectivity index (χ4v) is 5.83. The molecule has 144 valence electrons. The third-order valence-corrected chi connectivity index (χ3v) is 7.31. The highest BCUT2D eigenvalue weighted by Crippen LogP contribution is 2.39. The molecule has 0 radical (unpaired) electrons. The lowest BCUT2D eigenvalue weighted by Gasteiger charge is -2.29. The number of aromatic nitrogens is 2. The summed E-state index contributed by atoms with van der Waals surface area (Å²) >= 11 is 2.87. The third-order valence-electron chi connectivity index (χ3n) is 5.36. The fraction of sp³-hybridized carbons (Fsp3) is 0.300. The molecule has 0 unspecified atom stereocenters. The largest absolute Gasteiger partial charge is 0.350 e. The van der Waals surface area contributed by atoms with E-state index in [0.717, 1.165) is 29.6 Å². The number of halogens is 2. The van der Waals surface area contributed by atoms with E-state index >= 15 is 0 Å². The minimum atomic E-state index is -0.665. The number of fused-ring (bicyclic) bond motifs is 2. The Hall–Kier alpha value is -2.16. The summed E-state index contributed by atoms with van der Waals surface area (Å²) in [5.41, 5.74) is 2.18. The molecule has 1 aromatic carbocycles. The second-order valence-electron chi connectivity index (χ2n) is 7.09. The molecule has 0 amide bonds. The van der Waals surface area contributed by atoms with Gasteiger partial charge in [0.15, 0.2) is 11.6 Å². The molecule has 2 atom stereocenters. The van der Waals surface area contributed by atoms with Crippen LogP contribution in [0.15, 0.2) is 29.9 Å². The Morgan fingerprint density at radius 3 is 3.00 bits per heavy atom. The summed E-state index contributed by atoms with van der Waals surface area (Å²) in [7, 11) is 0. The molecule has 0 saturated carbocycles. The summed E-state index contributed by atoms with van der Waals surface area (Å²) in [6, 6.07) is 5.59. The number of nitrogens with zero attached hydrogens (tertiary/aromatic N) is 2. The molecule has 4 heterocycles. The zero-order valence-corrected chi connectivity index (χ0v) is 16.8. The molecule has 1 fully saturated rings. The van der Waals surface area contributed by atoms with Gasteiger partial charge in [0, 0.05) is 28.4 Å². The standard InChI is InChI=1S/C20H18F2N4S2/c1-10-11(3-2-5-23-10)15-7-12-14(4-6-24-20(12)28-15)26-18-13(21)8-16-19(17(18)22)25-9-27-16/h4,6-11,23H,2-3,5H2,1H3,(H,24,26)/t10-,11+/m0/s1. The molecular weight excluding hydrogens is 398 g/mol. The Kier molecular flexibility index (Phi) is 4.49. The number of benzene rings is 1. The van der Waals surface area contributed by atoms with Crippen LogP contribution in [0.2, 0.25) is 0 Å². The molecule has 28 heavy (non-hydrogen) atoms. The van der Waals surface area contributed by atoms with E-state index < -0.39 is 11.6 Å². The summed E-state index contributed by atoms with van der Waals surface area (Å²) in [6.45, 7) is 3.25. The highest BCUT2D eigenvalue weighted by atomic mass is 32.1. The minimum Gasteiger partial charge on any atom is -0.350 e. The van der Waals surface area contributed by atoms with Gasteiger partial charge in [0.05, 0.1) is 15.9 Å². The van der Waals surface area contributed by atoms with Gasteiger partial charge in [0.25, 0.3) is 0 Å². The van der Waals surface area contributed by atoms with E-state index in [-0.39, 0.29) is 11.2 Å². The van der Waals surface area contributed by atoms with Gasteiger partial charge in [-0.25, -0.2) is 18.7 Å². The molecule has 5 rings (SSSR count). The number of hydrogen-bond acceptors (Lipinski definition) is 6. The molecule has 1 saturated heterocycles. The first kappa shape index (κ1) is 17.9. The number of piperidine rings is 1. The highest BCUT2D eigenvalue weighted by molar-refractivity contribution is 7.18. The lowest BCUT2D eigenvalue weighted by Crippen LogP contribution is -2.37. The Bertz CT molecular complexity index is 1170. The lowest BCUT2D eigenvalue weighted by molar-refractivity contribution is 0.375. The lowest BCUT2D eigenvalue weighted by atomic mass is 9.90. The normalized spacial score (nSPS) is 20.1. The van der Waals surface area contributed by atoms with Crippen molar-refractivity contribution >= 4 is 54.5 Å². The Balaban J connectivity index is 1.56. The van der Waals surface area contributed by atoms with Crippen molar-refractivity contribution in [2.24, 2.45) is 0 Å². The molecule has 2 N–H and O–H groups in total. The van der Waals surface area contributed by atoms with E-state index in [1.807, 2.05) is 0 Å². The van der Waals surface area contributed by atoms with Crippen LogP contribution in [0.1, 0.15) is 30.6 Å². The Labute approximate surface area is 168 Å². The smallest absolute Gasteiger partial charge is 0.176 e. The first-order chi connectivity index (χ1) is 13.6. The average Bonchev–Trinajstić information content (AvgIpc) is 3.32. The van der Waals surface area contributed by atoms with E-state index in [0.29, 0.717) is 22.3 Å². The van der Waals surface area contributed by atoms with Crippen LogP contribution in [0.4, 0.5) is 20.2 Å². The second kappa shape index (κ2) is 7.02. The molecule has 1 aliphatic heterocycles. The second-order valence-corrected chi connectivity index (χ2v) is 9.04. The summed E-state index contributed by atoms with van der Waals surface area (Å²) in [5, 5.41) is 7.37. The monoisotopic (exact) mass is 416 g/mol. The zero-order chi connectivity index (χ0) is 19.3. The van der Waals surface area contributed by atoms with Gasteiger partial charge in [0.1, 0.15) is 16.0 Å². The van der Waals surface area contributed by atoms with Gasteiger partial charge in [-0.05, 0) is 44.5 Å². The topological polar surface area (TPSA) is 49.8 Å². The number of nitrogens with one attached hydrogen (secondary N) is 2. The van der Waals surface area contributed by atoms with Gasteiger partial charge in [-0.3, -0.25) is 0 Å². The van der Waals surface area contributed by atoms with Gasteiger partial charge in [-0.2, -0.15) is 0 Å². The molecule has 4 aromatic rings. The van der Waals surface area contributed by atoms with Crippen LogP contribution in [-0.2, 0) is 0 Å². The predicted octanol–water partition coefficient (Wildman–Crippen LogP) is 5.78. The van der Waals surface area contributed by atoms with Crippen LogP contribution >= 0.6 is 22.7 Å². The van der Waals surface area contributed by atoms with Crippen molar-refractivity contribution < 1.29 is 8.78 Å². The summed E-state index contributed by atoms with van der Waals surface area (Å²) in [5.74, 6) is -0.859. The number of thiophene rings is 1. The Morgan fingerprint density at radius 2 is 2.14 bits per heavy atom. The van der Waals surface area contributed by atoms with E-state index in [9.17, 15) is 8.78 Å². The van der Waals surface area contributed by atoms with Gasteiger partial charge >= 0.3 is 0 Å². The van der Waals surface area contributed by atoms with E-state index in [1.54, 1.807) is 23.6 Å². The zero-order valence-electron chi connectivity index (χ0n) is 15.1. The van der Waals surface area contributed by atoms with Crippen molar-refractivity contribution in [3.8, 4) is 0 Å². The highest BCUT2D eigenvalue weighted by Gasteiger charge is 2.25. The van der Waals surface area contributed by atoms with Crippen molar-refractivity contribution in [2.75, 3.05) is 11.9 Å².